The van der Waals surface area contributed by atoms with E-state index in [2.05, 4.69) is 0 Å². The van der Waals surface area contributed by atoms with Crippen molar-refractivity contribution < 1.29 is 19.0 Å². The van der Waals surface area contributed by atoms with Crippen LogP contribution in [0.3, 0.4) is 0 Å². The van der Waals surface area contributed by atoms with Gasteiger partial charge in [-0.25, -0.2) is 4.79 Å². The molecule has 0 radical (unpaired) electrons. The number of hydrogen-bond donors (Lipinski definition) is 1. The van der Waals surface area contributed by atoms with Gasteiger partial charge in [0.2, 0.25) is 5.88 Å². The summed E-state index contributed by atoms with van der Waals surface area (Å²) in [5, 5.41) is 11.1. The standard InChI is InChI=1S/C23H19Cl3N2O4/c1-3-30-23(29)20-12(2)32-22(28)15(10-27)21(20)14-9-13(24)7-8-19(14)31-11-16-17(25)5-4-6-18(16)26/h4-9,21H,3,11,28H2,1-2H3. The highest BCUT2D eigenvalue weighted by molar-refractivity contribution is 6.36. The van der Waals surface area contributed by atoms with Crippen molar-refractivity contribution in [2.24, 2.45) is 5.73 Å². The molecule has 1 atom stereocenters. The summed E-state index contributed by atoms with van der Waals surface area (Å²) in [6.45, 7) is 3.46. The van der Waals surface area contributed by atoms with E-state index in [1.54, 1.807) is 50.2 Å². The zero-order valence-electron chi connectivity index (χ0n) is 17.2. The van der Waals surface area contributed by atoms with Crippen LogP contribution in [0.2, 0.25) is 15.1 Å². The second-order valence-electron chi connectivity index (χ2n) is 6.79. The van der Waals surface area contributed by atoms with Gasteiger partial charge in [0.25, 0.3) is 0 Å². The molecule has 9 heteroatoms. The van der Waals surface area contributed by atoms with Gasteiger partial charge >= 0.3 is 5.97 Å². The minimum Gasteiger partial charge on any atom is -0.488 e. The van der Waals surface area contributed by atoms with Crippen LogP contribution in [0, 0.1) is 11.3 Å². The summed E-state index contributed by atoms with van der Waals surface area (Å²) >= 11 is 18.8. The average molecular weight is 494 g/mol. The number of rotatable bonds is 6. The fourth-order valence-electron chi connectivity index (χ4n) is 3.36. The van der Waals surface area contributed by atoms with Crippen LogP contribution >= 0.6 is 34.8 Å². The molecule has 1 aliphatic heterocycles. The fraction of sp³-hybridized carbons (Fsp3) is 0.217. The Morgan fingerprint density at radius 3 is 2.53 bits per heavy atom. The van der Waals surface area contributed by atoms with Gasteiger partial charge < -0.3 is 19.9 Å². The van der Waals surface area contributed by atoms with Gasteiger partial charge in [0.1, 0.15) is 29.8 Å². The van der Waals surface area contributed by atoms with Crippen molar-refractivity contribution in [1.29, 1.82) is 5.26 Å². The van der Waals surface area contributed by atoms with Gasteiger partial charge in [-0.15, -0.1) is 0 Å². The molecule has 1 unspecified atom stereocenters. The number of halogens is 3. The molecular weight excluding hydrogens is 475 g/mol. The summed E-state index contributed by atoms with van der Waals surface area (Å²) in [6, 6.07) is 12.1. The lowest BCUT2D eigenvalue weighted by Gasteiger charge is -2.28. The van der Waals surface area contributed by atoms with Crippen molar-refractivity contribution >= 4 is 40.8 Å². The minimum atomic E-state index is -0.900. The first kappa shape index (κ1) is 23.8. The van der Waals surface area contributed by atoms with Gasteiger partial charge in [-0.1, -0.05) is 40.9 Å². The first-order chi connectivity index (χ1) is 15.3. The molecule has 0 fully saturated rings. The number of benzene rings is 2. The third-order valence-corrected chi connectivity index (χ3v) is 5.76. The number of nitrogens with zero attached hydrogens (tertiary/aromatic N) is 1. The van der Waals surface area contributed by atoms with Crippen LogP contribution in [0.5, 0.6) is 5.75 Å². The van der Waals surface area contributed by atoms with Crippen molar-refractivity contribution in [1.82, 2.24) is 0 Å². The number of ether oxygens (including phenoxy) is 3. The van der Waals surface area contributed by atoms with E-state index in [1.165, 1.54) is 0 Å². The molecule has 6 nitrogen and oxygen atoms in total. The van der Waals surface area contributed by atoms with Crippen molar-refractivity contribution in [2.75, 3.05) is 6.61 Å². The number of carbonyl (C=O) groups excluding carboxylic acids is 1. The Balaban J connectivity index is 2.11. The molecule has 2 N–H and O–H groups in total. The Hall–Kier alpha value is -2.85. The quantitative estimate of drug-likeness (QED) is 0.506. The van der Waals surface area contributed by atoms with Gasteiger partial charge in [0.15, 0.2) is 0 Å². The van der Waals surface area contributed by atoms with Gasteiger partial charge in [-0.2, -0.15) is 5.26 Å². The van der Waals surface area contributed by atoms with Crippen LogP contribution in [-0.4, -0.2) is 12.6 Å². The lowest BCUT2D eigenvalue weighted by Crippen LogP contribution is -2.26. The van der Waals surface area contributed by atoms with E-state index in [1.807, 2.05) is 6.07 Å². The summed E-state index contributed by atoms with van der Waals surface area (Å²) in [5.74, 6) is -1.04. The molecule has 1 heterocycles. The smallest absolute Gasteiger partial charge is 0.338 e. The third kappa shape index (κ3) is 4.81. The Morgan fingerprint density at radius 2 is 1.91 bits per heavy atom. The maximum absolute atomic E-state index is 12.8. The minimum absolute atomic E-state index is 0.0431. The molecule has 166 valence electrons. The molecular formula is C23H19Cl3N2O4. The first-order valence-electron chi connectivity index (χ1n) is 9.59. The van der Waals surface area contributed by atoms with Crippen LogP contribution in [0.1, 0.15) is 30.9 Å². The van der Waals surface area contributed by atoms with E-state index in [4.69, 9.17) is 54.7 Å². The van der Waals surface area contributed by atoms with Gasteiger partial charge in [0, 0.05) is 26.2 Å². The Morgan fingerprint density at radius 1 is 1.22 bits per heavy atom. The van der Waals surface area contributed by atoms with Crippen molar-refractivity contribution in [3.63, 3.8) is 0 Å². The van der Waals surface area contributed by atoms with Gasteiger partial charge in [-0.3, -0.25) is 0 Å². The summed E-state index contributed by atoms with van der Waals surface area (Å²) in [7, 11) is 0. The van der Waals surface area contributed by atoms with E-state index >= 15 is 0 Å². The molecule has 0 saturated carbocycles. The maximum Gasteiger partial charge on any atom is 0.338 e. The van der Waals surface area contributed by atoms with E-state index in [9.17, 15) is 10.1 Å². The van der Waals surface area contributed by atoms with E-state index < -0.39 is 11.9 Å². The molecule has 0 aromatic heterocycles. The Kier molecular flexibility index (Phi) is 7.57. The molecule has 0 bridgehead atoms. The zero-order valence-corrected chi connectivity index (χ0v) is 19.5. The lowest BCUT2D eigenvalue weighted by molar-refractivity contribution is -0.139. The van der Waals surface area contributed by atoms with Crippen LogP contribution in [0.15, 0.2) is 59.2 Å². The highest BCUT2D eigenvalue weighted by atomic mass is 35.5. The van der Waals surface area contributed by atoms with Crippen LogP contribution in [0.25, 0.3) is 0 Å². The summed E-state index contributed by atoms with van der Waals surface area (Å²) < 4.78 is 16.7. The molecule has 1 aliphatic rings. The van der Waals surface area contributed by atoms with Crippen molar-refractivity contribution in [3.05, 3.63) is 85.4 Å². The Labute approximate surface area is 200 Å². The molecule has 3 rings (SSSR count). The maximum atomic E-state index is 12.8. The SMILES string of the molecule is CCOC(=O)C1=C(C)OC(N)=C(C#N)C1c1cc(Cl)ccc1OCc1c(Cl)cccc1Cl. The number of allylic oxidation sites excluding steroid dienone is 2. The second kappa shape index (κ2) is 10.2. The summed E-state index contributed by atoms with van der Waals surface area (Å²) in [5.41, 5.74) is 7.20. The highest BCUT2D eigenvalue weighted by Crippen LogP contribution is 2.44. The summed E-state index contributed by atoms with van der Waals surface area (Å²) in [6.07, 6.45) is 0. The van der Waals surface area contributed by atoms with E-state index in [0.717, 1.165) is 0 Å². The molecule has 2 aromatic carbocycles. The molecule has 0 spiro atoms. The van der Waals surface area contributed by atoms with Crippen molar-refractivity contribution in [3.8, 4) is 11.8 Å². The highest BCUT2D eigenvalue weighted by Gasteiger charge is 2.38. The third-order valence-electron chi connectivity index (χ3n) is 4.82. The number of nitriles is 1. The monoisotopic (exact) mass is 492 g/mol. The number of nitrogens with two attached hydrogens (primary N) is 1. The number of hydrogen-bond acceptors (Lipinski definition) is 6. The second-order valence-corrected chi connectivity index (χ2v) is 8.04. The van der Waals surface area contributed by atoms with Crippen LogP contribution in [-0.2, 0) is 20.9 Å². The van der Waals surface area contributed by atoms with Gasteiger partial charge in [0.05, 0.1) is 18.1 Å². The van der Waals surface area contributed by atoms with Gasteiger partial charge in [-0.05, 0) is 44.2 Å². The predicted octanol–water partition coefficient (Wildman–Crippen LogP) is 5.87. The van der Waals surface area contributed by atoms with E-state index in [0.29, 0.717) is 31.9 Å². The lowest BCUT2D eigenvalue weighted by atomic mass is 9.82. The molecule has 32 heavy (non-hydrogen) atoms. The first-order valence-corrected chi connectivity index (χ1v) is 10.7. The van der Waals surface area contributed by atoms with Crippen molar-refractivity contribution in [2.45, 2.75) is 26.4 Å². The van der Waals surface area contributed by atoms with E-state index in [-0.39, 0.29) is 36.0 Å². The Bertz CT molecular complexity index is 1150. The number of carbonyl (C=O) groups is 1. The predicted molar refractivity (Wildman–Crippen MR) is 122 cm³/mol. The largest absolute Gasteiger partial charge is 0.488 e. The fourth-order valence-corrected chi connectivity index (χ4v) is 4.05. The average Bonchev–Trinajstić information content (AvgIpc) is 2.73. The number of esters is 1. The normalized spacial score (nSPS) is 15.8. The summed E-state index contributed by atoms with van der Waals surface area (Å²) in [4.78, 5) is 12.8. The zero-order chi connectivity index (χ0) is 23.4. The van der Waals surface area contributed by atoms with Crippen LogP contribution < -0.4 is 10.5 Å². The molecule has 0 aliphatic carbocycles. The van der Waals surface area contributed by atoms with Crippen LogP contribution in [0.4, 0.5) is 0 Å². The molecule has 0 amide bonds. The molecule has 0 saturated heterocycles. The molecule has 2 aromatic rings. The topological polar surface area (TPSA) is 94.6 Å².